The van der Waals surface area contributed by atoms with E-state index in [1.807, 2.05) is 24.3 Å². The van der Waals surface area contributed by atoms with E-state index in [1.165, 1.54) is 25.7 Å². The van der Waals surface area contributed by atoms with Crippen LogP contribution in [0.3, 0.4) is 0 Å². The van der Waals surface area contributed by atoms with Crippen LogP contribution < -0.4 is 10.2 Å². The van der Waals surface area contributed by atoms with E-state index in [1.54, 1.807) is 0 Å². The fourth-order valence-corrected chi connectivity index (χ4v) is 3.95. The number of nitrogens with one attached hydrogen (secondary N) is 1. The SMILES string of the molecule is CC1(C)CCC(CNC(=O)c2ccc(N3CCC(O)CC3)cc2)CC1. The third-order valence-electron chi connectivity index (χ3n) is 5.97. The second-order valence-electron chi connectivity index (χ2n) is 8.58. The maximum atomic E-state index is 12.4. The summed E-state index contributed by atoms with van der Waals surface area (Å²) in [5.41, 5.74) is 2.34. The van der Waals surface area contributed by atoms with Crippen LogP contribution in [0.4, 0.5) is 5.69 Å². The molecule has 1 saturated heterocycles. The summed E-state index contributed by atoms with van der Waals surface area (Å²) in [5.74, 6) is 0.654. The summed E-state index contributed by atoms with van der Waals surface area (Å²) in [7, 11) is 0. The van der Waals surface area contributed by atoms with Crippen LogP contribution in [0.5, 0.6) is 0 Å². The Kier molecular flexibility index (Phi) is 5.67. The van der Waals surface area contributed by atoms with Crippen LogP contribution in [0.15, 0.2) is 24.3 Å². The van der Waals surface area contributed by atoms with Crippen molar-refractivity contribution in [2.75, 3.05) is 24.5 Å². The van der Waals surface area contributed by atoms with Gasteiger partial charge >= 0.3 is 0 Å². The first-order valence-corrected chi connectivity index (χ1v) is 9.74. The number of anilines is 1. The molecule has 0 bridgehead atoms. The zero-order valence-corrected chi connectivity index (χ0v) is 15.6. The van der Waals surface area contributed by atoms with Gasteiger partial charge in [0.15, 0.2) is 0 Å². The average molecular weight is 344 g/mol. The Bertz CT molecular complexity index is 564. The van der Waals surface area contributed by atoms with Gasteiger partial charge in [-0.05, 0) is 74.1 Å². The van der Waals surface area contributed by atoms with Gasteiger partial charge in [-0.25, -0.2) is 0 Å². The van der Waals surface area contributed by atoms with Crippen molar-refractivity contribution >= 4 is 11.6 Å². The van der Waals surface area contributed by atoms with Crippen LogP contribution in [-0.4, -0.2) is 36.8 Å². The van der Waals surface area contributed by atoms with Gasteiger partial charge in [-0.1, -0.05) is 13.8 Å². The standard InChI is InChI=1S/C21H32N2O2/c1-21(2)11-7-16(8-12-21)15-22-20(25)17-3-5-18(6-4-17)23-13-9-19(24)10-14-23/h3-6,16,19,24H,7-15H2,1-2H3,(H,22,25). The minimum Gasteiger partial charge on any atom is -0.393 e. The second kappa shape index (κ2) is 7.77. The summed E-state index contributed by atoms with van der Waals surface area (Å²) in [6, 6.07) is 7.88. The molecule has 1 heterocycles. The van der Waals surface area contributed by atoms with Crippen molar-refractivity contribution in [3.8, 4) is 0 Å². The van der Waals surface area contributed by atoms with Gasteiger partial charge in [0.05, 0.1) is 6.10 Å². The predicted octanol–water partition coefficient (Wildman–Crippen LogP) is 3.59. The van der Waals surface area contributed by atoms with Crippen molar-refractivity contribution in [3.05, 3.63) is 29.8 Å². The molecule has 1 aromatic rings. The summed E-state index contributed by atoms with van der Waals surface area (Å²) in [5, 5.41) is 12.7. The van der Waals surface area contributed by atoms with E-state index in [2.05, 4.69) is 24.1 Å². The number of aliphatic hydroxyl groups excluding tert-OH is 1. The molecule has 3 rings (SSSR count). The summed E-state index contributed by atoms with van der Waals surface area (Å²) >= 11 is 0. The van der Waals surface area contributed by atoms with Gasteiger partial charge in [-0.2, -0.15) is 0 Å². The molecule has 2 aliphatic rings. The highest BCUT2D eigenvalue weighted by Gasteiger charge is 2.27. The van der Waals surface area contributed by atoms with Crippen molar-refractivity contribution in [2.45, 2.75) is 58.5 Å². The highest BCUT2D eigenvalue weighted by Crippen LogP contribution is 2.37. The molecule has 0 aromatic heterocycles. The van der Waals surface area contributed by atoms with Crippen LogP contribution in [0.25, 0.3) is 0 Å². The Morgan fingerprint density at radius 1 is 1.12 bits per heavy atom. The molecule has 138 valence electrons. The molecule has 2 N–H and O–H groups in total. The zero-order chi connectivity index (χ0) is 17.9. The Morgan fingerprint density at radius 3 is 2.32 bits per heavy atom. The maximum Gasteiger partial charge on any atom is 0.251 e. The molecule has 4 nitrogen and oxygen atoms in total. The van der Waals surface area contributed by atoms with Crippen LogP contribution in [-0.2, 0) is 0 Å². The molecule has 0 spiro atoms. The summed E-state index contributed by atoms with van der Waals surface area (Å²) in [6.45, 7) is 7.23. The maximum absolute atomic E-state index is 12.4. The molecule has 4 heteroatoms. The summed E-state index contributed by atoms with van der Waals surface area (Å²) < 4.78 is 0. The largest absolute Gasteiger partial charge is 0.393 e. The first kappa shape index (κ1) is 18.2. The zero-order valence-electron chi connectivity index (χ0n) is 15.6. The summed E-state index contributed by atoms with van der Waals surface area (Å²) in [6.07, 6.45) is 6.42. The Morgan fingerprint density at radius 2 is 1.72 bits per heavy atom. The lowest BCUT2D eigenvalue weighted by atomic mass is 9.73. The van der Waals surface area contributed by atoms with Gasteiger partial charge in [0.1, 0.15) is 0 Å². The quantitative estimate of drug-likeness (QED) is 0.877. The number of rotatable bonds is 4. The molecule has 25 heavy (non-hydrogen) atoms. The molecule has 1 saturated carbocycles. The van der Waals surface area contributed by atoms with Crippen LogP contribution in [0.1, 0.15) is 62.7 Å². The highest BCUT2D eigenvalue weighted by molar-refractivity contribution is 5.94. The van der Waals surface area contributed by atoms with Crippen molar-refractivity contribution in [1.29, 1.82) is 0 Å². The van der Waals surface area contributed by atoms with E-state index in [-0.39, 0.29) is 12.0 Å². The number of carbonyl (C=O) groups excluding carboxylic acids is 1. The van der Waals surface area contributed by atoms with Crippen LogP contribution in [0.2, 0.25) is 0 Å². The van der Waals surface area contributed by atoms with E-state index < -0.39 is 0 Å². The molecule has 0 radical (unpaired) electrons. The molecule has 1 aromatic carbocycles. The predicted molar refractivity (Wildman–Crippen MR) is 102 cm³/mol. The Balaban J connectivity index is 1.48. The fraction of sp³-hybridized carbons (Fsp3) is 0.667. The minimum absolute atomic E-state index is 0.0328. The molecule has 1 aliphatic carbocycles. The van der Waals surface area contributed by atoms with Crippen LogP contribution in [0, 0.1) is 11.3 Å². The number of nitrogens with zero attached hydrogens (tertiary/aromatic N) is 1. The van der Waals surface area contributed by atoms with Gasteiger partial charge < -0.3 is 15.3 Å². The van der Waals surface area contributed by atoms with Crippen molar-refractivity contribution in [1.82, 2.24) is 5.32 Å². The molecule has 0 atom stereocenters. The number of benzene rings is 1. The number of hydrogen-bond acceptors (Lipinski definition) is 3. The van der Waals surface area contributed by atoms with Crippen molar-refractivity contribution in [2.24, 2.45) is 11.3 Å². The monoisotopic (exact) mass is 344 g/mol. The van der Waals surface area contributed by atoms with E-state index in [9.17, 15) is 9.90 Å². The molecule has 0 unspecified atom stereocenters. The molecular formula is C21H32N2O2. The van der Waals surface area contributed by atoms with Gasteiger partial charge in [-0.3, -0.25) is 4.79 Å². The van der Waals surface area contributed by atoms with E-state index in [0.717, 1.165) is 43.7 Å². The number of aliphatic hydroxyl groups is 1. The first-order chi connectivity index (χ1) is 11.9. The number of hydrogen-bond donors (Lipinski definition) is 2. The fourth-order valence-electron chi connectivity index (χ4n) is 3.95. The lowest BCUT2D eigenvalue weighted by Crippen LogP contribution is -2.35. The third kappa shape index (κ3) is 4.97. The number of piperidine rings is 1. The lowest BCUT2D eigenvalue weighted by molar-refractivity contribution is 0.0936. The number of amides is 1. The van der Waals surface area contributed by atoms with E-state index >= 15 is 0 Å². The van der Waals surface area contributed by atoms with Gasteiger partial charge in [0.25, 0.3) is 5.91 Å². The lowest BCUT2D eigenvalue weighted by Gasteiger charge is -2.34. The summed E-state index contributed by atoms with van der Waals surface area (Å²) in [4.78, 5) is 14.7. The van der Waals surface area contributed by atoms with Crippen LogP contribution >= 0.6 is 0 Å². The molecule has 2 fully saturated rings. The average Bonchev–Trinajstić information content (AvgIpc) is 2.61. The normalized spacial score (nSPS) is 22.0. The third-order valence-corrected chi connectivity index (χ3v) is 5.97. The van der Waals surface area contributed by atoms with Crippen molar-refractivity contribution in [3.63, 3.8) is 0 Å². The van der Waals surface area contributed by atoms with Crippen molar-refractivity contribution < 1.29 is 9.90 Å². The number of carbonyl (C=O) groups is 1. The Labute approximate surface area is 151 Å². The topological polar surface area (TPSA) is 52.6 Å². The molecular weight excluding hydrogens is 312 g/mol. The second-order valence-corrected chi connectivity index (χ2v) is 8.58. The van der Waals surface area contributed by atoms with E-state index in [4.69, 9.17) is 0 Å². The van der Waals surface area contributed by atoms with E-state index in [0.29, 0.717) is 11.3 Å². The first-order valence-electron chi connectivity index (χ1n) is 9.74. The smallest absolute Gasteiger partial charge is 0.251 e. The Hall–Kier alpha value is -1.55. The van der Waals surface area contributed by atoms with Gasteiger partial charge in [0, 0.05) is 30.9 Å². The van der Waals surface area contributed by atoms with Gasteiger partial charge in [0.2, 0.25) is 0 Å². The highest BCUT2D eigenvalue weighted by atomic mass is 16.3. The minimum atomic E-state index is -0.160. The molecule has 1 amide bonds. The van der Waals surface area contributed by atoms with Gasteiger partial charge in [-0.15, -0.1) is 0 Å². The molecule has 1 aliphatic heterocycles.